The number of carboxylic acids is 1. The molecule has 0 radical (unpaired) electrons. The van der Waals surface area contributed by atoms with Gasteiger partial charge >= 0.3 is 12.1 Å². The molecule has 0 saturated heterocycles. The standard InChI is InChI=1S/C18H26F3NO4/c1-4-17(5-2,16(23)24)11-22-10-13-7-8-14(15(9-13)25-6-3)26-12-18(19,20)21/h7-9,22H,4-6,10-12H2,1-3H3,(H,23,24). The molecule has 0 atom stereocenters. The van der Waals surface area contributed by atoms with Crippen LogP contribution in [0.25, 0.3) is 0 Å². The molecule has 0 fully saturated rings. The zero-order valence-corrected chi connectivity index (χ0v) is 15.3. The Labute approximate surface area is 151 Å². The Balaban J connectivity index is 2.78. The molecule has 26 heavy (non-hydrogen) atoms. The minimum absolute atomic E-state index is 0.0231. The predicted molar refractivity (Wildman–Crippen MR) is 91.5 cm³/mol. The lowest BCUT2D eigenvalue weighted by molar-refractivity contribution is -0.153. The first kappa shape index (κ1) is 22.1. The SMILES string of the molecule is CCOc1cc(CNCC(CC)(CC)C(=O)O)ccc1OCC(F)(F)F. The third kappa shape index (κ3) is 6.40. The van der Waals surface area contributed by atoms with Crippen LogP contribution in [0.4, 0.5) is 13.2 Å². The summed E-state index contributed by atoms with van der Waals surface area (Å²) in [4.78, 5) is 11.5. The van der Waals surface area contributed by atoms with Gasteiger partial charge in [-0.15, -0.1) is 0 Å². The zero-order chi connectivity index (χ0) is 19.8. The quantitative estimate of drug-likeness (QED) is 0.610. The van der Waals surface area contributed by atoms with Crippen LogP contribution in [-0.4, -0.2) is 37.0 Å². The number of aliphatic carboxylic acids is 1. The van der Waals surface area contributed by atoms with Gasteiger partial charge in [0.25, 0.3) is 0 Å². The summed E-state index contributed by atoms with van der Waals surface area (Å²) in [5.41, 5.74) is -0.0716. The lowest BCUT2D eigenvalue weighted by Crippen LogP contribution is -2.40. The molecule has 0 aliphatic carbocycles. The molecule has 0 spiro atoms. The molecule has 1 aromatic rings. The maximum Gasteiger partial charge on any atom is 0.422 e. The molecule has 0 aromatic heterocycles. The number of alkyl halides is 3. The molecule has 148 valence electrons. The average Bonchev–Trinajstić information content (AvgIpc) is 2.57. The summed E-state index contributed by atoms with van der Waals surface area (Å²) in [5.74, 6) is -0.595. The molecule has 1 aromatic carbocycles. The summed E-state index contributed by atoms with van der Waals surface area (Å²) < 4.78 is 47.1. The lowest BCUT2D eigenvalue weighted by Gasteiger charge is -2.27. The van der Waals surface area contributed by atoms with E-state index in [1.807, 2.05) is 13.8 Å². The van der Waals surface area contributed by atoms with Gasteiger partial charge in [-0.2, -0.15) is 13.2 Å². The van der Waals surface area contributed by atoms with E-state index in [4.69, 9.17) is 9.47 Å². The normalized spacial score (nSPS) is 12.1. The van der Waals surface area contributed by atoms with Crippen LogP contribution in [0.3, 0.4) is 0 Å². The van der Waals surface area contributed by atoms with Gasteiger partial charge in [0.15, 0.2) is 18.1 Å². The highest BCUT2D eigenvalue weighted by Gasteiger charge is 2.34. The Kier molecular flexibility index (Phi) is 8.20. The van der Waals surface area contributed by atoms with Gasteiger partial charge in [-0.05, 0) is 37.5 Å². The molecule has 0 saturated carbocycles. The highest BCUT2D eigenvalue weighted by molar-refractivity contribution is 5.74. The van der Waals surface area contributed by atoms with Gasteiger partial charge in [0, 0.05) is 13.1 Å². The van der Waals surface area contributed by atoms with Crippen LogP contribution in [0, 0.1) is 5.41 Å². The Bertz CT molecular complexity index is 586. The van der Waals surface area contributed by atoms with Crippen molar-refractivity contribution in [3.05, 3.63) is 23.8 Å². The molecule has 0 aliphatic heterocycles. The van der Waals surface area contributed by atoms with Crippen molar-refractivity contribution in [2.45, 2.75) is 46.3 Å². The minimum atomic E-state index is -4.43. The van der Waals surface area contributed by atoms with E-state index in [1.54, 1.807) is 19.1 Å². The Morgan fingerprint density at radius 3 is 2.27 bits per heavy atom. The summed E-state index contributed by atoms with van der Waals surface area (Å²) in [6.07, 6.45) is -3.43. The van der Waals surface area contributed by atoms with Gasteiger partial charge in [-0.3, -0.25) is 4.79 Å². The van der Waals surface area contributed by atoms with Crippen molar-refractivity contribution in [3.63, 3.8) is 0 Å². The van der Waals surface area contributed by atoms with Crippen molar-refractivity contribution in [2.75, 3.05) is 19.8 Å². The van der Waals surface area contributed by atoms with Crippen molar-refractivity contribution >= 4 is 5.97 Å². The summed E-state index contributed by atoms with van der Waals surface area (Å²) in [6, 6.07) is 4.65. The second-order valence-electron chi connectivity index (χ2n) is 6.01. The molecule has 0 bridgehead atoms. The van der Waals surface area contributed by atoms with Gasteiger partial charge in [0.05, 0.1) is 12.0 Å². The number of halogens is 3. The minimum Gasteiger partial charge on any atom is -0.490 e. The van der Waals surface area contributed by atoms with E-state index in [0.29, 0.717) is 25.9 Å². The molecule has 1 rings (SSSR count). The van der Waals surface area contributed by atoms with Crippen LogP contribution in [0.2, 0.25) is 0 Å². The largest absolute Gasteiger partial charge is 0.490 e. The Morgan fingerprint density at radius 2 is 1.77 bits per heavy atom. The fourth-order valence-corrected chi connectivity index (χ4v) is 2.53. The number of hydrogen-bond donors (Lipinski definition) is 2. The van der Waals surface area contributed by atoms with Crippen molar-refractivity contribution in [1.29, 1.82) is 0 Å². The highest BCUT2D eigenvalue weighted by Crippen LogP contribution is 2.30. The number of rotatable bonds is 11. The molecule has 0 amide bonds. The highest BCUT2D eigenvalue weighted by atomic mass is 19.4. The fourth-order valence-electron chi connectivity index (χ4n) is 2.53. The van der Waals surface area contributed by atoms with Gasteiger partial charge in [0.1, 0.15) is 0 Å². The first-order valence-electron chi connectivity index (χ1n) is 8.56. The van der Waals surface area contributed by atoms with E-state index >= 15 is 0 Å². The number of carboxylic acid groups (broad SMARTS) is 1. The molecule has 0 unspecified atom stereocenters. The smallest absolute Gasteiger partial charge is 0.422 e. The Hall–Kier alpha value is -1.96. The second kappa shape index (κ2) is 9.66. The number of ether oxygens (including phenoxy) is 2. The van der Waals surface area contributed by atoms with Crippen molar-refractivity contribution in [2.24, 2.45) is 5.41 Å². The number of carbonyl (C=O) groups is 1. The van der Waals surface area contributed by atoms with Crippen molar-refractivity contribution in [3.8, 4) is 11.5 Å². The molecular weight excluding hydrogens is 351 g/mol. The summed E-state index contributed by atoms with van der Waals surface area (Å²) >= 11 is 0. The van der Waals surface area contributed by atoms with Crippen LogP contribution >= 0.6 is 0 Å². The van der Waals surface area contributed by atoms with Crippen LogP contribution in [0.1, 0.15) is 39.2 Å². The molecule has 8 heteroatoms. The van der Waals surface area contributed by atoms with E-state index in [0.717, 1.165) is 5.56 Å². The topological polar surface area (TPSA) is 67.8 Å². The average molecular weight is 377 g/mol. The van der Waals surface area contributed by atoms with Gasteiger partial charge < -0.3 is 19.9 Å². The first-order valence-corrected chi connectivity index (χ1v) is 8.56. The van der Waals surface area contributed by atoms with E-state index < -0.39 is 24.2 Å². The van der Waals surface area contributed by atoms with Crippen LogP contribution < -0.4 is 14.8 Å². The molecule has 5 nitrogen and oxygen atoms in total. The number of hydrogen-bond acceptors (Lipinski definition) is 4. The maximum atomic E-state index is 12.3. The third-order valence-electron chi connectivity index (χ3n) is 4.30. The number of nitrogens with one attached hydrogen (secondary N) is 1. The van der Waals surface area contributed by atoms with Crippen LogP contribution in [-0.2, 0) is 11.3 Å². The van der Waals surface area contributed by atoms with E-state index in [2.05, 4.69) is 5.32 Å². The van der Waals surface area contributed by atoms with Crippen molar-refractivity contribution < 1.29 is 32.5 Å². The predicted octanol–water partition coefficient (Wildman–Crippen LogP) is 4.01. The summed E-state index contributed by atoms with van der Waals surface area (Å²) in [7, 11) is 0. The van der Waals surface area contributed by atoms with E-state index in [1.165, 1.54) is 6.07 Å². The van der Waals surface area contributed by atoms with Crippen LogP contribution in [0.15, 0.2) is 18.2 Å². The summed E-state index contributed by atoms with van der Waals surface area (Å²) in [5, 5.41) is 12.5. The van der Waals surface area contributed by atoms with E-state index in [9.17, 15) is 23.1 Å². The number of benzene rings is 1. The van der Waals surface area contributed by atoms with Gasteiger partial charge in [-0.25, -0.2) is 0 Å². The van der Waals surface area contributed by atoms with Crippen LogP contribution in [0.5, 0.6) is 11.5 Å². The molecule has 0 aliphatic rings. The monoisotopic (exact) mass is 377 g/mol. The fraction of sp³-hybridized carbons (Fsp3) is 0.611. The lowest BCUT2D eigenvalue weighted by atomic mass is 9.82. The van der Waals surface area contributed by atoms with E-state index in [-0.39, 0.29) is 18.1 Å². The second-order valence-corrected chi connectivity index (χ2v) is 6.01. The first-order chi connectivity index (χ1) is 12.2. The molecule has 0 heterocycles. The third-order valence-corrected chi connectivity index (χ3v) is 4.30. The molecular formula is C18H26F3NO4. The van der Waals surface area contributed by atoms with Gasteiger partial charge in [0.2, 0.25) is 0 Å². The molecule has 2 N–H and O–H groups in total. The zero-order valence-electron chi connectivity index (χ0n) is 15.3. The van der Waals surface area contributed by atoms with Crippen molar-refractivity contribution in [1.82, 2.24) is 5.32 Å². The maximum absolute atomic E-state index is 12.3. The van der Waals surface area contributed by atoms with Gasteiger partial charge in [-0.1, -0.05) is 19.9 Å². The Morgan fingerprint density at radius 1 is 1.12 bits per heavy atom. The summed E-state index contributed by atoms with van der Waals surface area (Å²) in [6.45, 7) is 4.95.